The van der Waals surface area contributed by atoms with Gasteiger partial charge in [0.05, 0.1) is 20.3 Å². The van der Waals surface area contributed by atoms with E-state index in [0.717, 1.165) is 0 Å². The Morgan fingerprint density at radius 3 is 1.19 bits per heavy atom. The summed E-state index contributed by atoms with van der Waals surface area (Å²) >= 11 is 0. The number of methoxy groups -OCH3 is 2. The standard InChI is InChI=1S/C5H12N2O.C4H9NO.2C4H8O2/c1-4(6-2)5(8)7-3;1-3-4(6)5-2;2*1-3-4(5)6-2/h4,6H,1-3H3,(H,7,8);3H2,1-2H3,(H,5,6);2*3H2,1-2H3. The topological polar surface area (TPSA) is 123 Å². The molecular formula is C17H37N3O6. The molecule has 0 aliphatic heterocycles. The zero-order valence-corrected chi connectivity index (χ0v) is 17.6. The first-order chi connectivity index (χ1) is 12.1. The van der Waals surface area contributed by atoms with Crippen molar-refractivity contribution in [3.63, 3.8) is 0 Å². The van der Waals surface area contributed by atoms with Crippen LogP contribution in [0.4, 0.5) is 0 Å². The summed E-state index contributed by atoms with van der Waals surface area (Å²) in [5, 5.41) is 7.79. The maximum Gasteiger partial charge on any atom is 0.305 e. The van der Waals surface area contributed by atoms with E-state index in [-0.39, 0.29) is 29.8 Å². The van der Waals surface area contributed by atoms with Gasteiger partial charge in [-0.2, -0.15) is 0 Å². The van der Waals surface area contributed by atoms with Crippen LogP contribution in [0, 0.1) is 0 Å². The van der Waals surface area contributed by atoms with Crippen molar-refractivity contribution >= 4 is 23.8 Å². The first-order valence-electron chi connectivity index (χ1n) is 8.38. The zero-order valence-electron chi connectivity index (χ0n) is 17.6. The van der Waals surface area contributed by atoms with Gasteiger partial charge in [0.2, 0.25) is 11.8 Å². The first kappa shape index (κ1) is 31.6. The third-order valence-electron chi connectivity index (χ3n) is 2.71. The van der Waals surface area contributed by atoms with Gasteiger partial charge < -0.3 is 25.4 Å². The van der Waals surface area contributed by atoms with Crippen molar-refractivity contribution in [2.75, 3.05) is 35.4 Å². The van der Waals surface area contributed by atoms with Gasteiger partial charge in [-0.25, -0.2) is 0 Å². The van der Waals surface area contributed by atoms with Gasteiger partial charge in [-0.3, -0.25) is 19.2 Å². The van der Waals surface area contributed by atoms with E-state index in [0.29, 0.717) is 19.3 Å². The van der Waals surface area contributed by atoms with Crippen LogP contribution in [0.25, 0.3) is 0 Å². The van der Waals surface area contributed by atoms with Crippen LogP contribution in [0.2, 0.25) is 0 Å². The molecular weight excluding hydrogens is 342 g/mol. The monoisotopic (exact) mass is 379 g/mol. The van der Waals surface area contributed by atoms with Crippen molar-refractivity contribution in [1.82, 2.24) is 16.0 Å². The number of hydrogen-bond acceptors (Lipinski definition) is 7. The van der Waals surface area contributed by atoms with E-state index in [1.807, 2.05) is 6.92 Å². The van der Waals surface area contributed by atoms with Gasteiger partial charge >= 0.3 is 11.9 Å². The molecule has 0 saturated heterocycles. The van der Waals surface area contributed by atoms with Gasteiger partial charge in [-0.1, -0.05) is 20.8 Å². The number of amides is 2. The molecule has 0 bridgehead atoms. The molecule has 0 aromatic carbocycles. The summed E-state index contributed by atoms with van der Waals surface area (Å²) in [6, 6.07) is -0.0833. The number of nitrogens with one attached hydrogen (secondary N) is 3. The summed E-state index contributed by atoms with van der Waals surface area (Å²) in [6.07, 6.45) is 1.52. The van der Waals surface area contributed by atoms with E-state index in [4.69, 9.17) is 0 Å². The van der Waals surface area contributed by atoms with Gasteiger partial charge in [0.1, 0.15) is 0 Å². The van der Waals surface area contributed by atoms with E-state index in [9.17, 15) is 19.2 Å². The Balaban J connectivity index is -0.000000125. The van der Waals surface area contributed by atoms with Gasteiger partial charge in [0.15, 0.2) is 0 Å². The van der Waals surface area contributed by atoms with Crippen LogP contribution < -0.4 is 16.0 Å². The number of likely N-dealkylation sites (N-methyl/N-ethyl adjacent to an activating group) is 2. The van der Waals surface area contributed by atoms with E-state index in [2.05, 4.69) is 25.4 Å². The molecule has 0 aliphatic carbocycles. The number of hydrogen-bond donors (Lipinski definition) is 3. The third-order valence-corrected chi connectivity index (χ3v) is 2.71. The lowest BCUT2D eigenvalue weighted by Crippen LogP contribution is -2.38. The third kappa shape index (κ3) is 29.8. The smallest absolute Gasteiger partial charge is 0.305 e. The first-order valence-corrected chi connectivity index (χ1v) is 8.38. The van der Waals surface area contributed by atoms with Crippen molar-refractivity contribution in [3.8, 4) is 0 Å². The molecule has 0 rings (SSSR count). The molecule has 26 heavy (non-hydrogen) atoms. The van der Waals surface area contributed by atoms with Crippen LogP contribution in [-0.4, -0.2) is 65.2 Å². The highest BCUT2D eigenvalue weighted by Crippen LogP contribution is 1.77. The lowest BCUT2D eigenvalue weighted by Gasteiger charge is -2.05. The van der Waals surface area contributed by atoms with Crippen LogP contribution in [-0.2, 0) is 28.7 Å². The second kappa shape index (κ2) is 25.1. The van der Waals surface area contributed by atoms with Gasteiger partial charge in [0, 0.05) is 33.4 Å². The maximum atomic E-state index is 10.6. The summed E-state index contributed by atoms with van der Waals surface area (Å²) in [5.74, 6) is -0.201. The molecule has 0 aliphatic rings. The lowest BCUT2D eigenvalue weighted by atomic mass is 10.3. The average molecular weight is 379 g/mol. The van der Waals surface area contributed by atoms with Gasteiger partial charge in [-0.15, -0.1) is 0 Å². The zero-order chi connectivity index (χ0) is 21.5. The molecule has 156 valence electrons. The molecule has 1 unspecified atom stereocenters. The molecule has 3 N–H and O–H groups in total. The van der Waals surface area contributed by atoms with Crippen LogP contribution in [0.5, 0.6) is 0 Å². The van der Waals surface area contributed by atoms with E-state index in [1.165, 1.54) is 14.2 Å². The summed E-state index contributed by atoms with van der Waals surface area (Å²) in [4.78, 5) is 40.6. The highest BCUT2D eigenvalue weighted by atomic mass is 16.5. The van der Waals surface area contributed by atoms with Crippen molar-refractivity contribution in [2.45, 2.75) is 53.0 Å². The lowest BCUT2D eigenvalue weighted by molar-refractivity contribution is -0.141. The fourth-order valence-electron chi connectivity index (χ4n) is 0.813. The fraction of sp³-hybridized carbons (Fsp3) is 0.765. The van der Waals surface area contributed by atoms with Crippen LogP contribution in [0.1, 0.15) is 47.0 Å². The minimum atomic E-state index is -0.157. The Morgan fingerprint density at radius 1 is 0.769 bits per heavy atom. The fourth-order valence-corrected chi connectivity index (χ4v) is 0.813. The molecule has 9 nitrogen and oxygen atoms in total. The minimum absolute atomic E-state index is 0.0208. The number of rotatable bonds is 5. The molecule has 0 radical (unpaired) electrons. The Labute approximate surface area is 157 Å². The molecule has 0 aromatic rings. The molecule has 0 saturated carbocycles. The Bertz CT molecular complexity index is 319. The molecule has 0 fully saturated rings. The second-order valence-electron chi connectivity index (χ2n) is 4.51. The minimum Gasteiger partial charge on any atom is -0.469 e. The Hall–Kier alpha value is -2.16. The Morgan fingerprint density at radius 2 is 1.15 bits per heavy atom. The summed E-state index contributed by atoms with van der Waals surface area (Å²) in [5.41, 5.74) is 0. The summed E-state index contributed by atoms with van der Waals surface area (Å²) in [6.45, 7) is 7.13. The van der Waals surface area contributed by atoms with E-state index < -0.39 is 0 Å². The molecule has 0 heterocycles. The molecule has 0 spiro atoms. The van der Waals surface area contributed by atoms with Crippen LogP contribution >= 0.6 is 0 Å². The second-order valence-corrected chi connectivity index (χ2v) is 4.51. The predicted molar refractivity (Wildman–Crippen MR) is 102 cm³/mol. The quantitative estimate of drug-likeness (QED) is 0.598. The highest BCUT2D eigenvalue weighted by Gasteiger charge is 2.04. The molecule has 9 heteroatoms. The maximum absolute atomic E-state index is 10.6. The van der Waals surface area contributed by atoms with Gasteiger partial charge in [-0.05, 0) is 14.0 Å². The van der Waals surface area contributed by atoms with Gasteiger partial charge in [0.25, 0.3) is 0 Å². The number of carbonyl (C=O) groups is 4. The molecule has 1 atom stereocenters. The molecule has 0 aromatic heterocycles. The summed E-state index contributed by atoms with van der Waals surface area (Å²) < 4.78 is 8.52. The van der Waals surface area contributed by atoms with Crippen molar-refractivity contribution in [2.24, 2.45) is 0 Å². The SMILES string of the molecule is CCC(=O)NC.CCC(=O)OC.CCC(=O)OC.CNC(=O)C(C)NC. The van der Waals surface area contributed by atoms with E-state index in [1.54, 1.807) is 41.9 Å². The number of ether oxygens (including phenoxy) is 2. The average Bonchev–Trinajstić information content (AvgIpc) is 2.71. The van der Waals surface area contributed by atoms with Crippen molar-refractivity contribution in [3.05, 3.63) is 0 Å². The normalized spacial score (nSPS) is 9.27. The Kier molecular flexibility index (Phi) is 30.5. The van der Waals surface area contributed by atoms with Crippen molar-refractivity contribution < 1.29 is 28.7 Å². The highest BCUT2D eigenvalue weighted by molar-refractivity contribution is 5.80. The van der Waals surface area contributed by atoms with Crippen molar-refractivity contribution in [1.29, 1.82) is 0 Å². The van der Waals surface area contributed by atoms with Crippen LogP contribution in [0.15, 0.2) is 0 Å². The predicted octanol–water partition coefficient (Wildman–Crippen LogP) is 0.622. The van der Waals surface area contributed by atoms with E-state index >= 15 is 0 Å². The van der Waals surface area contributed by atoms with Crippen LogP contribution in [0.3, 0.4) is 0 Å². The largest absolute Gasteiger partial charge is 0.469 e. The number of carbonyl (C=O) groups excluding carboxylic acids is 4. The summed E-state index contributed by atoms with van der Waals surface area (Å²) in [7, 11) is 7.76. The molecule has 2 amide bonds. The number of esters is 2.